The molecule has 2 fully saturated rings. The smallest absolute Gasteiger partial charge is 0.0105 e. The normalized spacial score (nSPS) is 35.9. The van der Waals surface area contributed by atoms with Crippen LogP contribution < -0.4 is 5.73 Å². The van der Waals surface area contributed by atoms with Gasteiger partial charge < -0.3 is 10.6 Å². The van der Waals surface area contributed by atoms with Gasteiger partial charge in [-0.15, -0.1) is 0 Å². The van der Waals surface area contributed by atoms with E-state index in [9.17, 15) is 0 Å². The lowest BCUT2D eigenvalue weighted by Crippen LogP contribution is -2.43. The van der Waals surface area contributed by atoms with E-state index in [4.69, 9.17) is 5.73 Å². The Morgan fingerprint density at radius 3 is 2.74 bits per heavy atom. The molecule has 3 rings (SSSR count). The SMILES string of the molecule is CC1(CN2CCC(c3ccccc3)C2)CCCC1N. The first-order chi connectivity index (χ1) is 9.17. The van der Waals surface area contributed by atoms with E-state index in [0.29, 0.717) is 11.5 Å². The van der Waals surface area contributed by atoms with Crippen LogP contribution >= 0.6 is 0 Å². The fraction of sp³-hybridized carbons (Fsp3) is 0.647. The molecule has 1 heterocycles. The Morgan fingerprint density at radius 2 is 2.05 bits per heavy atom. The van der Waals surface area contributed by atoms with Gasteiger partial charge in [0.1, 0.15) is 0 Å². The van der Waals surface area contributed by atoms with E-state index in [-0.39, 0.29) is 0 Å². The Morgan fingerprint density at radius 1 is 1.26 bits per heavy atom. The predicted octanol–water partition coefficient (Wildman–Crippen LogP) is 2.99. The van der Waals surface area contributed by atoms with Crippen LogP contribution in [0.5, 0.6) is 0 Å². The summed E-state index contributed by atoms with van der Waals surface area (Å²) in [6.07, 6.45) is 5.13. The maximum absolute atomic E-state index is 6.31. The first-order valence-electron chi connectivity index (χ1n) is 7.70. The van der Waals surface area contributed by atoms with Crippen LogP contribution in [0.4, 0.5) is 0 Å². The number of nitrogens with zero attached hydrogens (tertiary/aromatic N) is 1. The summed E-state index contributed by atoms with van der Waals surface area (Å²) in [4.78, 5) is 2.64. The van der Waals surface area contributed by atoms with Gasteiger partial charge in [0, 0.05) is 19.1 Å². The van der Waals surface area contributed by atoms with Gasteiger partial charge in [-0.25, -0.2) is 0 Å². The molecule has 0 bridgehead atoms. The lowest BCUT2D eigenvalue weighted by atomic mass is 9.84. The van der Waals surface area contributed by atoms with Crippen molar-refractivity contribution >= 4 is 0 Å². The summed E-state index contributed by atoms with van der Waals surface area (Å²) in [5, 5.41) is 0. The zero-order chi connectivity index (χ0) is 13.3. The van der Waals surface area contributed by atoms with Crippen molar-refractivity contribution in [2.75, 3.05) is 19.6 Å². The van der Waals surface area contributed by atoms with Crippen LogP contribution in [0.15, 0.2) is 30.3 Å². The van der Waals surface area contributed by atoms with Crippen LogP contribution in [0.3, 0.4) is 0 Å². The monoisotopic (exact) mass is 258 g/mol. The van der Waals surface area contributed by atoms with Crippen molar-refractivity contribution < 1.29 is 0 Å². The van der Waals surface area contributed by atoms with Gasteiger partial charge in [-0.05, 0) is 42.7 Å². The molecular formula is C17H26N2. The second kappa shape index (κ2) is 5.26. The second-order valence-corrected chi connectivity index (χ2v) is 6.78. The Balaban J connectivity index is 1.61. The fourth-order valence-corrected chi connectivity index (χ4v) is 3.94. The molecule has 2 aliphatic rings. The quantitative estimate of drug-likeness (QED) is 0.903. The Hall–Kier alpha value is -0.860. The van der Waals surface area contributed by atoms with Gasteiger partial charge in [0.2, 0.25) is 0 Å². The maximum Gasteiger partial charge on any atom is 0.0105 e. The lowest BCUT2D eigenvalue weighted by molar-refractivity contribution is 0.176. The average molecular weight is 258 g/mol. The zero-order valence-corrected chi connectivity index (χ0v) is 12.0. The molecule has 1 aromatic carbocycles. The van der Waals surface area contributed by atoms with Crippen molar-refractivity contribution in [1.29, 1.82) is 0 Å². The van der Waals surface area contributed by atoms with Crippen molar-refractivity contribution in [3.8, 4) is 0 Å². The lowest BCUT2D eigenvalue weighted by Gasteiger charge is -2.33. The van der Waals surface area contributed by atoms with Crippen LogP contribution in [0.25, 0.3) is 0 Å². The third-order valence-corrected chi connectivity index (χ3v) is 5.29. The van der Waals surface area contributed by atoms with Gasteiger partial charge in [-0.1, -0.05) is 43.7 Å². The van der Waals surface area contributed by atoms with Gasteiger partial charge in [0.05, 0.1) is 0 Å². The standard InChI is InChI=1S/C17H26N2/c1-17(10-5-8-16(17)18)13-19-11-9-15(12-19)14-6-3-2-4-7-14/h2-4,6-7,15-16H,5,8-13,18H2,1H3. The molecule has 104 valence electrons. The molecule has 3 unspecified atom stereocenters. The first-order valence-corrected chi connectivity index (χ1v) is 7.70. The molecule has 0 aromatic heterocycles. The van der Waals surface area contributed by atoms with Gasteiger partial charge >= 0.3 is 0 Å². The number of hydrogen-bond acceptors (Lipinski definition) is 2. The summed E-state index contributed by atoms with van der Waals surface area (Å²) < 4.78 is 0. The van der Waals surface area contributed by atoms with E-state index in [1.165, 1.54) is 50.9 Å². The van der Waals surface area contributed by atoms with Gasteiger partial charge in [0.25, 0.3) is 0 Å². The molecule has 2 N–H and O–H groups in total. The van der Waals surface area contributed by atoms with Crippen LogP contribution in [-0.2, 0) is 0 Å². The van der Waals surface area contributed by atoms with Crippen LogP contribution in [-0.4, -0.2) is 30.6 Å². The minimum Gasteiger partial charge on any atom is -0.327 e. The summed E-state index contributed by atoms with van der Waals surface area (Å²) in [5.41, 5.74) is 8.17. The van der Waals surface area contributed by atoms with Gasteiger partial charge in [0.15, 0.2) is 0 Å². The molecule has 2 nitrogen and oxygen atoms in total. The molecule has 1 saturated carbocycles. The summed E-state index contributed by atoms with van der Waals surface area (Å²) in [5.74, 6) is 0.724. The van der Waals surface area contributed by atoms with E-state index in [2.05, 4.69) is 42.2 Å². The molecule has 0 amide bonds. The van der Waals surface area contributed by atoms with Crippen molar-refractivity contribution in [3.05, 3.63) is 35.9 Å². The first kappa shape index (κ1) is 13.1. The molecule has 1 aliphatic heterocycles. The van der Waals surface area contributed by atoms with E-state index in [1.807, 2.05) is 0 Å². The number of nitrogens with two attached hydrogens (primary N) is 1. The van der Waals surface area contributed by atoms with Gasteiger partial charge in [-0.3, -0.25) is 0 Å². The average Bonchev–Trinajstić information content (AvgIpc) is 2.99. The molecular weight excluding hydrogens is 232 g/mol. The summed E-state index contributed by atoms with van der Waals surface area (Å²) in [6.45, 7) is 6.03. The number of likely N-dealkylation sites (tertiary alicyclic amines) is 1. The Kier molecular flexibility index (Phi) is 3.64. The van der Waals surface area contributed by atoms with E-state index in [0.717, 1.165) is 5.92 Å². The minimum absolute atomic E-state index is 0.353. The van der Waals surface area contributed by atoms with E-state index < -0.39 is 0 Å². The zero-order valence-electron chi connectivity index (χ0n) is 12.0. The third-order valence-electron chi connectivity index (χ3n) is 5.29. The van der Waals surface area contributed by atoms with E-state index >= 15 is 0 Å². The predicted molar refractivity (Wildman–Crippen MR) is 80.2 cm³/mol. The maximum atomic E-state index is 6.31. The summed E-state index contributed by atoms with van der Waals surface area (Å²) >= 11 is 0. The van der Waals surface area contributed by atoms with Crippen molar-refractivity contribution in [1.82, 2.24) is 4.90 Å². The van der Waals surface area contributed by atoms with E-state index in [1.54, 1.807) is 0 Å². The third kappa shape index (κ3) is 2.70. The molecule has 1 aromatic rings. The Labute approximate surface area is 117 Å². The Bertz CT molecular complexity index is 417. The highest BCUT2D eigenvalue weighted by Crippen LogP contribution is 2.39. The van der Waals surface area contributed by atoms with Crippen LogP contribution in [0, 0.1) is 5.41 Å². The highest BCUT2D eigenvalue weighted by molar-refractivity contribution is 5.21. The highest BCUT2D eigenvalue weighted by Gasteiger charge is 2.39. The van der Waals surface area contributed by atoms with Gasteiger partial charge in [-0.2, -0.15) is 0 Å². The highest BCUT2D eigenvalue weighted by atomic mass is 15.2. The van der Waals surface area contributed by atoms with Crippen molar-refractivity contribution in [3.63, 3.8) is 0 Å². The number of rotatable bonds is 3. The molecule has 0 radical (unpaired) electrons. The summed E-state index contributed by atoms with van der Waals surface area (Å²) in [6, 6.07) is 11.4. The molecule has 1 aliphatic carbocycles. The number of benzene rings is 1. The fourth-order valence-electron chi connectivity index (χ4n) is 3.94. The van der Waals surface area contributed by atoms with Crippen molar-refractivity contribution in [2.45, 2.75) is 44.6 Å². The largest absolute Gasteiger partial charge is 0.327 e. The van der Waals surface area contributed by atoms with Crippen LogP contribution in [0.1, 0.15) is 44.1 Å². The molecule has 19 heavy (non-hydrogen) atoms. The molecule has 3 atom stereocenters. The second-order valence-electron chi connectivity index (χ2n) is 6.78. The number of hydrogen-bond donors (Lipinski definition) is 1. The molecule has 2 heteroatoms. The van der Waals surface area contributed by atoms with Crippen LogP contribution in [0.2, 0.25) is 0 Å². The van der Waals surface area contributed by atoms with Crippen molar-refractivity contribution in [2.24, 2.45) is 11.1 Å². The minimum atomic E-state index is 0.353. The molecule has 1 saturated heterocycles. The summed E-state index contributed by atoms with van der Waals surface area (Å²) in [7, 11) is 0. The topological polar surface area (TPSA) is 29.3 Å². The molecule has 0 spiro atoms.